The number of benzene rings is 1. The Morgan fingerprint density at radius 1 is 1.16 bits per heavy atom. The summed E-state index contributed by atoms with van der Waals surface area (Å²) >= 11 is 9.21. The zero-order valence-electron chi connectivity index (χ0n) is 10.1. The number of nitrogens with zero attached hydrogens (tertiary/aromatic N) is 2. The Kier molecular flexibility index (Phi) is 3.50. The summed E-state index contributed by atoms with van der Waals surface area (Å²) in [5.41, 5.74) is 3.06. The normalized spacial score (nSPS) is 10.6. The molecular weight excluding hydrogens is 298 g/mol. The Hall–Kier alpha value is -1.43. The average molecular weight is 308 g/mol. The fourth-order valence-corrected chi connectivity index (χ4v) is 3.30. The van der Waals surface area contributed by atoms with Gasteiger partial charge in [-0.2, -0.15) is 0 Å². The zero-order valence-corrected chi connectivity index (χ0v) is 12.4. The van der Waals surface area contributed by atoms with Gasteiger partial charge in [0.2, 0.25) is 0 Å². The van der Waals surface area contributed by atoms with E-state index in [9.17, 15) is 0 Å². The summed E-state index contributed by atoms with van der Waals surface area (Å²) in [5.74, 6) is 0. The van der Waals surface area contributed by atoms with E-state index in [4.69, 9.17) is 11.6 Å². The van der Waals surface area contributed by atoms with Gasteiger partial charge in [0, 0.05) is 17.1 Å². The second-order valence-electron chi connectivity index (χ2n) is 3.97. The fraction of sp³-hybridized carbons (Fsp3) is 0.0769. The first-order valence-electron chi connectivity index (χ1n) is 5.62. The van der Waals surface area contributed by atoms with Crippen molar-refractivity contribution in [3.05, 3.63) is 45.7 Å². The van der Waals surface area contributed by atoms with Crippen LogP contribution in [-0.2, 0) is 0 Å². The van der Waals surface area contributed by atoms with E-state index in [2.05, 4.69) is 34.3 Å². The van der Waals surface area contributed by atoms with Crippen molar-refractivity contribution in [1.82, 2.24) is 9.97 Å². The number of anilines is 2. The maximum absolute atomic E-state index is 6.26. The van der Waals surface area contributed by atoms with E-state index in [1.54, 1.807) is 6.20 Å². The molecule has 0 atom stereocenters. The molecule has 0 unspecified atom stereocenters. The smallest absolute Gasteiger partial charge is 0.190 e. The van der Waals surface area contributed by atoms with Crippen molar-refractivity contribution in [2.45, 2.75) is 6.92 Å². The minimum Gasteiger partial charge on any atom is -0.307 e. The van der Waals surface area contributed by atoms with Crippen LogP contribution in [0.15, 0.2) is 35.8 Å². The molecule has 96 valence electrons. The van der Waals surface area contributed by atoms with Crippen LogP contribution >= 0.6 is 34.3 Å². The topological polar surface area (TPSA) is 37.8 Å². The van der Waals surface area contributed by atoms with Crippen molar-refractivity contribution in [2.24, 2.45) is 0 Å². The number of aromatic nitrogens is 2. The third kappa shape index (κ3) is 2.78. The summed E-state index contributed by atoms with van der Waals surface area (Å²) in [7, 11) is 0. The van der Waals surface area contributed by atoms with Gasteiger partial charge in [0.15, 0.2) is 10.3 Å². The maximum atomic E-state index is 6.26. The van der Waals surface area contributed by atoms with E-state index in [0.29, 0.717) is 4.34 Å². The van der Waals surface area contributed by atoms with Crippen molar-refractivity contribution in [2.75, 3.05) is 5.32 Å². The van der Waals surface area contributed by atoms with Gasteiger partial charge in [0.25, 0.3) is 0 Å². The highest BCUT2D eigenvalue weighted by molar-refractivity contribution is 7.20. The van der Waals surface area contributed by atoms with Crippen LogP contribution in [0.3, 0.4) is 0 Å². The quantitative estimate of drug-likeness (QED) is 0.742. The molecule has 0 fully saturated rings. The highest BCUT2D eigenvalue weighted by Crippen LogP contribution is 2.36. The van der Waals surface area contributed by atoms with Crippen molar-refractivity contribution in [1.29, 1.82) is 0 Å². The van der Waals surface area contributed by atoms with Gasteiger partial charge in [-0.1, -0.05) is 52.8 Å². The van der Waals surface area contributed by atoms with Crippen LogP contribution in [0.1, 0.15) is 5.56 Å². The average Bonchev–Trinajstić information content (AvgIpc) is 3.01. The van der Waals surface area contributed by atoms with Crippen LogP contribution in [0, 0.1) is 6.92 Å². The van der Waals surface area contributed by atoms with Gasteiger partial charge in [0.05, 0.1) is 0 Å². The molecule has 0 aliphatic heterocycles. The first-order valence-corrected chi connectivity index (χ1v) is 7.69. The standard InChI is InChI=1S/C13H10ClN3S2/c1-8-2-4-9(5-3-8)10-11(14)19-13(16-10)17-12-15-6-7-18-12/h2-7H,1H3,(H,15,16,17). The lowest BCUT2D eigenvalue weighted by Gasteiger charge is -1.98. The summed E-state index contributed by atoms with van der Waals surface area (Å²) in [5, 5.41) is 6.65. The Bertz CT molecular complexity index is 674. The van der Waals surface area contributed by atoms with Crippen LogP contribution in [-0.4, -0.2) is 9.97 Å². The van der Waals surface area contributed by atoms with Crippen LogP contribution in [0.4, 0.5) is 10.3 Å². The monoisotopic (exact) mass is 307 g/mol. The number of hydrogen-bond donors (Lipinski definition) is 1. The molecular formula is C13H10ClN3S2. The molecule has 0 aliphatic carbocycles. The van der Waals surface area contributed by atoms with E-state index in [1.165, 1.54) is 28.2 Å². The molecule has 0 amide bonds. The van der Waals surface area contributed by atoms with E-state index in [-0.39, 0.29) is 0 Å². The molecule has 2 heterocycles. The predicted molar refractivity (Wildman–Crippen MR) is 82.7 cm³/mol. The molecule has 3 rings (SSSR count). The van der Waals surface area contributed by atoms with Crippen LogP contribution in [0.25, 0.3) is 11.3 Å². The van der Waals surface area contributed by atoms with Crippen LogP contribution in [0.5, 0.6) is 0 Å². The molecule has 2 aromatic heterocycles. The van der Waals surface area contributed by atoms with Crippen molar-refractivity contribution in [3.8, 4) is 11.3 Å². The second kappa shape index (κ2) is 5.28. The van der Waals surface area contributed by atoms with Gasteiger partial charge in [-0.15, -0.1) is 11.3 Å². The number of nitrogens with one attached hydrogen (secondary N) is 1. The molecule has 3 aromatic rings. The first kappa shape index (κ1) is 12.6. The van der Waals surface area contributed by atoms with Crippen molar-refractivity contribution in [3.63, 3.8) is 0 Å². The highest BCUT2D eigenvalue weighted by atomic mass is 35.5. The van der Waals surface area contributed by atoms with E-state index in [0.717, 1.165) is 21.5 Å². The SMILES string of the molecule is Cc1ccc(-c2nc(Nc3nccs3)sc2Cl)cc1. The third-order valence-corrected chi connectivity index (χ3v) is 4.42. The van der Waals surface area contributed by atoms with Crippen LogP contribution in [0.2, 0.25) is 4.34 Å². The van der Waals surface area contributed by atoms with Gasteiger partial charge < -0.3 is 5.32 Å². The minimum absolute atomic E-state index is 0.683. The molecule has 1 N–H and O–H groups in total. The fourth-order valence-electron chi connectivity index (χ4n) is 1.62. The van der Waals surface area contributed by atoms with E-state index in [1.807, 2.05) is 17.5 Å². The molecule has 6 heteroatoms. The molecule has 0 saturated carbocycles. The molecule has 3 nitrogen and oxygen atoms in total. The Morgan fingerprint density at radius 3 is 2.63 bits per heavy atom. The first-order chi connectivity index (χ1) is 9.22. The number of rotatable bonds is 3. The van der Waals surface area contributed by atoms with Gasteiger partial charge in [0.1, 0.15) is 10.0 Å². The Balaban J connectivity index is 1.91. The molecule has 0 aliphatic rings. The summed E-state index contributed by atoms with van der Waals surface area (Å²) in [6.45, 7) is 2.06. The lowest BCUT2D eigenvalue weighted by Crippen LogP contribution is -1.88. The maximum Gasteiger partial charge on any atom is 0.190 e. The molecule has 19 heavy (non-hydrogen) atoms. The van der Waals surface area contributed by atoms with Gasteiger partial charge >= 0.3 is 0 Å². The summed E-state index contributed by atoms with van der Waals surface area (Å²) in [6, 6.07) is 8.17. The third-order valence-electron chi connectivity index (χ3n) is 2.56. The largest absolute Gasteiger partial charge is 0.307 e. The summed E-state index contributed by atoms with van der Waals surface area (Å²) < 4.78 is 0.683. The highest BCUT2D eigenvalue weighted by Gasteiger charge is 2.12. The van der Waals surface area contributed by atoms with E-state index < -0.39 is 0 Å². The van der Waals surface area contributed by atoms with Crippen LogP contribution < -0.4 is 5.32 Å². The summed E-state index contributed by atoms with van der Waals surface area (Å²) in [4.78, 5) is 8.69. The molecule has 0 spiro atoms. The number of hydrogen-bond acceptors (Lipinski definition) is 5. The number of thiazole rings is 2. The Labute approximate surface area is 123 Å². The number of aryl methyl sites for hydroxylation is 1. The predicted octanol–water partition coefficient (Wildman–Crippen LogP) is 4.97. The molecule has 0 radical (unpaired) electrons. The lowest BCUT2D eigenvalue weighted by molar-refractivity contribution is 1.34. The van der Waals surface area contributed by atoms with Gasteiger partial charge in [-0.3, -0.25) is 0 Å². The van der Waals surface area contributed by atoms with Crippen molar-refractivity contribution >= 4 is 44.5 Å². The summed E-state index contributed by atoms with van der Waals surface area (Å²) in [6.07, 6.45) is 1.75. The molecule has 1 aromatic carbocycles. The minimum atomic E-state index is 0.683. The second-order valence-corrected chi connectivity index (χ2v) is 6.47. The van der Waals surface area contributed by atoms with Crippen molar-refractivity contribution < 1.29 is 0 Å². The Morgan fingerprint density at radius 2 is 1.95 bits per heavy atom. The van der Waals surface area contributed by atoms with E-state index >= 15 is 0 Å². The number of halogens is 1. The molecule has 0 saturated heterocycles. The lowest BCUT2D eigenvalue weighted by atomic mass is 10.1. The van der Waals surface area contributed by atoms with Gasteiger partial charge in [-0.25, -0.2) is 9.97 Å². The van der Waals surface area contributed by atoms with Gasteiger partial charge in [-0.05, 0) is 6.92 Å². The zero-order chi connectivity index (χ0) is 13.2. The molecule has 0 bridgehead atoms.